The molecule has 7 aromatic rings. The van der Waals surface area contributed by atoms with Gasteiger partial charge in [-0.3, -0.25) is 0 Å². The molecule has 0 fully saturated rings. The van der Waals surface area contributed by atoms with Gasteiger partial charge in [-0.2, -0.15) is 10.4 Å². The van der Waals surface area contributed by atoms with Crippen molar-refractivity contribution in [2.45, 2.75) is 12.5 Å². The van der Waals surface area contributed by atoms with E-state index in [2.05, 4.69) is 89.6 Å². The Balaban J connectivity index is 1.56. The summed E-state index contributed by atoms with van der Waals surface area (Å²) < 4.78 is 2.05. The molecule has 0 atom stereocenters. The summed E-state index contributed by atoms with van der Waals surface area (Å²) in [5, 5.41) is 16.0. The van der Waals surface area contributed by atoms with E-state index < -0.39 is 5.54 Å². The summed E-state index contributed by atoms with van der Waals surface area (Å²) in [6.45, 7) is 2.00. The van der Waals surface area contributed by atoms with Crippen LogP contribution in [0.2, 0.25) is 0 Å². The van der Waals surface area contributed by atoms with Crippen LogP contribution in [-0.2, 0) is 5.54 Å². The fraction of sp³-hybridized carbons (Fsp3) is 0.0556. The number of benzene rings is 4. The Morgan fingerprint density at radius 3 is 1.95 bits per heavy atom. The molecule has 3 heterocycles. The van der Waals surface area contributed by atoms with Gasteiger partial charge in [0, 0.05) is 22.2 Å². The number of fused-ring (bicyclic) bond motifs is 1. The second-order valence-electron chi connectivity index (χ2n) is 10.3. The van der Waals surface area contributed by atoms with Gasteiger partial charge in [0.25, 0.3) is 0 Å². The Hall–Kier alpha value is -5.58. The second kappa shape index (κ2) is 10.7. The fourth-order valence-electron chi connectivity index (χ4n) is 5.91. The summed E-state index contributed by atoms with van der Waals surface area (Å²) in [6, 6.07) is 43.1. The van der Waals surface area contributed by atoms with E-state index in [0.29, 0.717) is 10.7 Å². The number of thiazole rings is 1. The molecule has 0 bridgehead atoms. The molecule has 0 saturated heterocycles. The highest BCUT2D eigenvalue weighted by atomic mass is 32.1. The predicted molar refractivity (Wildman–Crippen MR) is 173 cm³/mol. The average molecular weight is 575 g/mol. The van der Waals surface area contributed by atoms with Crippen LogP contribution < -0.4 is 5.73 Å². The van der Waals surface area contributed by atoms with Gasteiger partial charge in [0.05, 0.1) is 28.4 Å². The lowest BCUT2D eigenvalue weighted by molar-refractivity contribution is 0.472. The number of hydrogen-bond donors (Lipinski definition) is 1. The molecule has 0 radical (unpaired) electrons. The minimum absolute atomic E-state index is 0.453. The standard InChI is InChI=1S/C36H26N6S/c1-24-20-30(33-32(41-35(38)43-33)26-13-11-12-25(21-26)22-37)31-23-39-42(34(31)40-24)36(27-14-5-2-6-15-27,28-16-7-3-8-17-28)29-18-9-4-10-19-29/h2-21,23H,1H3,(H2,38,41). The number of rotatable bonds is 6. The van der Waals surface area contributed by atoms with E-state index in [1.165, 1.54) is 11.3 Å². The van der Waals surface area contributed by atoms with E-state index in [4.69, 9.17) is 20.8 Å². The number of nitriles is 1. The molecule has 0 aliphatic rings. The minimum atomic E-state index is -0.805. The van der Waals surface area contributed by atoms with Crippen LogP contribution in [0, 0.1) is 18.3 Å². The molecule has 0 aliphatic heterocycles. The van der Waals surface area contributed by atoms with Gasteiger partial charge in [-0.25, -0.2) is 14.6 Å². The number of nitrogens with two attached hydrogens (primary N) is 1. The number of aromatic nitrogens is 4. The first kappa shape index (κ1) is 26.3. The SMILES string of the molecule is Cc1cc(-c2sc(N)nc2-c2cccc(C#N)c2)c2cnn(C(c3ccccc3)(c3ccccc3)c3ccccc3)c2n1. The smallest absolute Gasteiger partial charge is 0.181 e. The summed E-state index contributed by atoms with van der Waals surface area (Å²) in [4.78, 5) is 10.7. The third kappa shape index (κ3) is 4.37. The number of nitrogens with zero attached hydrogens (tertiary/aromatic N) is 5. The van der Waals surface area contributed by atoms with Crippen LogP contribution in [0.15, 0.2) is 128 Å². The summed E-state index contributed by atoms with van der Waals surface area (Å²) >= 11 is 1.42. The third-order valence-corrected chi connectivity index (χ3v) is 8.63. The van der Waals surface area contributed by atoms with Gasteiger partial charge in [0.1, 0.15) is 5.54 Å². The lowest BCUT2D eigenvalue weighted by Gasteiger charge is -2.36. The Morgan fingerprint density at radius 1 is 0.767 bits per heavy atom. The summed E-state index contributed by atoms with van der Waals surface area (Å²) in [5.74, 6) is 0. The molecule has 0 saturated carbocycles. The number of aryl methyl sites for hydroxylation is 1. The van der Waals surface area contributed by atoms with Gasteiger partial charge in [-0.05, 0) is 41.8 Å². The maximum absolute atomic E-state index is 9.53. The van der Waals surface area contributed by atoms with Gasteiger partial charge in [0.2, 0.25) is 0 Å². The first-order chi connectivity index (χ1) is 21.1. The van der Waals surface area contributed by atoms with Crippen LogP contribution in [0.3, 0.4) is 0 Å². The minimum Gasteiger partial charge on any atom is -0.375 e. The normalized spacial score (nSPS) is 11.4. The molecule has 7 heteroatoms. The van der Waals surface area contributed by atoms with Crippen molar-refractivity contribution in [1.29, 1.82) is 5.26 Å². The van der Waals surface area contributed by atoms with Gasteiger partial charge in [0.15, 0.2) is 10.8 Å². The molecule has 6 nitrogen and oxygen atoms in total. The third-order valence-electron chi connectivity index (χ3n) is 7.72. The molecule has 4 aromatic carbocycles. The Morgan fingerprint density at radius 2 is 1.37 bits per heavy atom. The molecule has 43 heavy (non-hydrogen) atoms. The highest BCUT2D eigenvalue weighted by molar-refractivity contribution is 7.19. The Kier molecular flexibility index (Phi) is 6.54. The monoisotopic (exact) mass is 574 g/mol. The highest BCUT2D eigenvalue weighted by Crippen LogP contribution is 2.45. The average Bonchev–Trinajstić information content (AvgIpc) is 3.66. The second-order valence-corrected chi connectivity index (χ2v) is 11.4. The number of hydrogen-bond acceptors (Lipinski definition) is 6. The topological polar surface area (TPSA) is 93.4 Å². The summed E-state index contributed by atoms with van der Waals surface area (Å²) in [6.07, 6.45) is 1.89. The van der Waals surface area contributed by atoms with Crippen molar-refractivity contribution in [2.75, 3.05) is 5.73 Å². The number of anilines is 1. The Bertz CT molecular complexity index is 2010. The van der Waals surface area contributed by atoms with Gasteiger partial charge in [-0.1, -0.05) is 114 Å². The summed E-state index contributed by atoms with van der Waals surface area (Å²) in [7, 11) is 0. The van der Waals surface area contributed by atoms with E-state index in [1.54, 1.807) is 6.07 Å². The first-order valence-corrected chi connectivity index (χ1v) is 14.7. The first-order valence-electron chi connectivity index (χ1n) is 13.9. The van der Waals surface area contributed by atoms with Crippen molar-refractivity contribution in [3.05, 3.63) is 155 Å². The van der Waals surface area contributed by atoms with Gasteiger partial charge >= 0.3 is 0 Å². The quantitative estimate of drug-likeness (QED) is 0.204. The Labute approximate surface area is 253 Å². The van der Waals surface area contributed by atoms with Crippen LogP contribution >= 0.6 is 11.3 Å². The molecule has 0 aliphatic carbocycles. The molecule has 3 aromatic heterocycles. The van der Waals surface area contributed by atoms with E-state index in [1.807, 2.05) is 49.5 Å². The lowest BCUT2D eigenvalue weighted by atomic mass is 9.77. The van der Waals surface area contributed by atoms with Crippen molar-refractivity contribution >= 4 is 27.5 Å². The maximum Gasteiger partial charge on any atom is 0.181 e. The molecule has 2 N–H and O–H groups in total. The van der Waals surface area contributed by atoms with Crippen LogP contribution in [0.4, 0.5) is 5.13 Å². The zero-order valence-electron chi connectivity index (χ0n) is 23.3. The number of nitrogen functional groups attached to an aromatic ring is 1. The lowest BCUT2D eigenvalue weighted by Crippen LogP contribution is -2.38. The summed E-state index contributed by atoms with van der Waals surface area (Å²) in [5.41, 5.74) is 13.4. The maximum atomic E-state index is 9.53. The van der Waals surface area contributed by atoms with Gasteiger partial charge < -0.3 is 5.73 Å². The highest BCUT2D eigenvalue weighted by Gasteiger charge is 2.41. The van der Waals surface area contributed by atoms with Crippen LogP contribution in [0.1, 0.15) is 27.9 Å². The molecular weight excluding hydrogens is 549 g/mol. The van der Waals surface area contributed by atoms with Crippen molar-refractivity contribution in [1.82, 2.24) is 19.7 Å². The van der Waals surface area contributed by atoms with E-state index in [0.717, 1.165) is 55.1 Å². The zero-order chi connectivity index (χ0) is 29.4. The van der Waals surface area contributed by atoms with E-state index in [-0.39, 0.29) is 0 Å². The zero-order valence-corrected chi connectivity index (χ0v) is 24.2. The molecule has 0 spiro atoms. The predicted octanol–water partition coefficient (Wildman–Crippen LogP) is 7.82. The van der Waals surface area contributed by atoms with Crippen molar-refractivity contribution in [3.8, 4) is 27.8 Å². The molecular formula is C36H26N6S. The van der Waals surface area contributed by atoms with Crippen molar-refractivity contribution in [2.24, 2.45) is 0 Å². The fourth-order valence-corrected chi connectivity index (χ4v) is 6.80. The van der Waals surface area contributed by atoms with Crippen LogP contribution in [-0.4, -0.2) is 19.7 Å². The van der Waals surface area contributed by atoms with Crippen LogP contribution in [0.5, 0.6) is 0 Å². The van der Waals surface area contributed by atoms with E-state index >= 15 is 0 Å². The molecule has 0 amide bonds. The number of pyridine rings is 1. The van der Waals surface area contributed by atoms with Crippen molar-refractivity contribution in [3.63, 3.8) is 0 Å². The largest absolute Gasteiger partial charge is 0.375 e. The molecule has 0 unspecified atom stereocenters. The van der Waals surface area contributed by atoms with Gasteiger partial charge in [-0.15, -0.1) is 0 Å². The van der Waals surface area contributed by atoms with E-state index in [9.17, 15) is 5.26 Å². The molecule has 206 valence electrons. The van der Waals surface area contributed by atoms with Crippen LogP contribution in [0.25, 0.3) is 32.7 Å². The van der Waals surface area contributed by atoms with Crippen molar-refractivity contribution < 1.29 is 0 Å². The molecule has 7 rings (SSSR count).